The molecule has 0 amide bonds. The van der Waals surface area contributed by atoms with Crippen molar-refractivity contribution in [3.05, 3.63) is 41.5 Å². The lowest BCUT2D eigenvalue weighted by Gasteiger charge is -2.06. The van der Waals surface area contributed by atoms with Gasteiger partial charge in [0.25, 0.3) is 0 Å². The van der Waals surface area contributed by atoms with Crippen LogP contribution in [0.15, 0.2) is 33.7 Å². The molecule has 0 bridgehead atoms. The molecule has 3 N–H and O–H groups in total. The lowest BCUT2D eigenvalue weighted by Crippen LogP contribution is -2.26. The first-order chi connectivity index (χ1) is 9.88. The normalized spacial score (nSPS) is 11.5. The van der Waals surface area contributed by atoms with Crippen LogP contribution in [0.5, 0.6) is 0 Å². The number of nitrogens with two attached hydrogens (primary N) is 1. The third-order valence-electron chi connectivity index (χ3n) is 2.65. The molecule has 21 heavy (non-hydrogen) atoms. The molecular weight excluding hydrogens is 312 g/mol. The van der Waals surface area contributed by atoms with E-state index in [2.05, 4.69) is 14.9 Å². The van der Waals surface area contributed by atoms with Gasteiger partial charge in [0, 0.05) is 18.5 Å². The van der Waals surface area contributed by atoms with Crippen molar-refractivity contribution < 1.29 is 12.9 Å². The number of sulfonamides is 1. The Labute approximate surface area is 127 Å². The molecule has 112 valence electrons. The third-order valence-corrected chi connectivity index (χ3v) is 4.36. The Balaban J connectivity index is 1.99. The van der Waals surface area contributed by atoms with Gasteiger partial charge in [-0.1, -0.05) is 29.5 Å². The van der Waals surface area contributed by atoms with E-state index in [1.54, 1.807) is 19.1 Å². The lowest BCUT2D eigenvalue weighted by atomic mass is 10.2. The molecule has 0 aliphatic rings. The molecule has 1 heterocycles. The van der Waals surface area contributed by atoms with Crippen LogP contribution in [0.1, 0.15) is 17.3 Å². The summed E-state index contributed by atoms with van der Waals surface area (Å²) in [5.74, 6) is 0.903. The van der Waals surface area contributed by atoms with Crippen LogP contribution in [0, 0.1) is 6.92 Å². The van der Waals surface area contributed by atoms with Crippen molar-refractivity contribution >= 4 is 27.2 Å². The summed E-state index contributed by atoms with van der Waals surface area (Å²) in [5, 5.41) is 3.63. The molecule has 7 nitrogen and oxygen atoms in total. The second-order valence-electron chi connectivity index (χ2n) is 4.27. The van der Waals surface area contributed by atoms with E-state index in [1.165, 1.54) is 12.1 Å². The van der Waals surface area contributed by atoms with Crippen molar-refractivity contribution in [2.45, 2.75) is 18.2 Å². The van der Waals surface area contributed by atoms with E-state index >= 15 is 0 Å². The molecule has 1 aromatic carbocycles. The summed E-state index contributed by atoms with van der Waals surface area (Å²) in [6, 6.07) is 6.04. The molecule has 0 aliphatic carbocycles. The highest BCUT2D eigenvalue weighted by molar-refractivity contribution is 7.89. The molecule has 0 aliphatic heterocycles. The van der Waals surface area contributed by atoms with Gasteiger partial charge in [-0.15, -0.1) is 0 Å². The summed E-state index contributed by atoms with van der Waals surface area (Å²) < 4.78 is 31.5. The van der Waals surface area contributed by atoms with Crippen molar-refractivity contribution in [2.24, 2.45) is 5.73 Å². The minimum absolute atomic E-state index is 0.143. The van der Waals surface area contributed by atoms with Crippen LogP contribution in [0.2, 0.25) is 0 Å². The Morgan fingerprint density at radius 2 is 2.05 bits per heavy atom. The van der Waals surface area contributed by atoms with Gasteiger partial charge in [-0.2, -0.15) is 4.98 Å². The van der Waals surface area contributed by atoms with Crippen molar-refractivity contribution in [3.63, 3.8) is 0 Å². The summed E-state index contributed by atoms with van der Waals surface area (Å²) in [5.41, 5.74) is 6.08. The zero-order valence-electron chi connectivity index (χ0n) is 11.2. The average Bonchev–Trinajstić information content (AvgIpc) is 2.84. The van der Waals surface area contributed by atoms with Gasteiger partial charge in [0.15, 0.2) is 5.82 Å². The van der Waals surface area contributed by atoms with Crippen LogP contribution in [-0.2, 0) is 16.4 Å². The molecule has 1 aromatic heterocycles. The van der Waals surface area contributed by atoms with Gasteiger partial charge in [0.05, 0.1) is 4.90 Å². The standard InChI is InChI=1S/C12H14N4O3S2/c1-8-15-11(19-16-8)6-7-14-21(17,18)10-4-2-9(3-5-10)12(13)20/h2-5,14H,6-7H2,1H3,(H2,13,20). The highest BCUT2D eigenvalue weighted by atomic mass is 32.2. The zero-order valence-corrected chi connectivity index (χ0v) is 12.9. The van der Waals surface area contributed by atoms with E-state index in [4.69, 9.17) is 22.5 Å². The number of thiocarbonyl (C=S) groups is 1. The first kappa shape index (κ1) is 15.5. The van der Waals surface area contributed by atoms with E-state index in [9.17, 15) is 8.42 Å². The van der Waals surface area contributed by atoms with E-state index in [1.807, 2.05) is 0 Å². The predicted octanol–water partition coefficient (Wildman–Crippen LogP) is 0.533. The number of hydrogen-bond acceptors (Lipinski definition) is 6. The number of benzene rings is 1. The van der Waals surface area contributed by atoms with Crippen LogP contribution in [-0.4, -0.2) is 30.1 Å². The number of aromatic nitrogens is 2. The van der Waals surface area contributed by atoms with Gasteiger partial charge in [-0.05, 0) is 19.1 Å². The zero-order chi connectivity index (χ0) is 15.5. The SMILES string of the molecule is Cc1noc(CCNS(=O)(=O)c2ccc(C(N)=S)cc2)n1. The second kappa shape index (κ2) is 6.29. The Kier molecular flexibility index (Phi) is 4.66. The molecular formula is C12H14N4O3S2. The van der Waals surface area contributed by atoms with E-state index < -0.39 is 10.0 Å². The van der Waals surface area contributed by atoms with Crippen LogP contribution in [0.3, 0.4) is 0 Å². The Morgan fingerprint density at radius 3 is 2.57 bits per heavy atom. The van der Waals surface area contributed by atoms with Crippen molar-refractivity contribution in [1.29, 1.82) is 0 Å². The smallest absolute Gasteiger partial charge is 0.240 e. The quantitative estimate of drug-likeness (QED) is 0.745. The second-order valence-corrected chi connectivity index (χ2v) is 6.48. The number of nitrogens with zero attached hydrogens (tertiary/aromatic N) is 2. The summed E-state index contributed by atoms with van der Waals surface area (Å²) in [7, 11) is -3.59. The van der Waals surface area contributed by atoms with Gasteiger partial charge in [-0.3, -0.25) is 0 Å². The molecule has 0 fully saturated rings. The average molecular weight is 326 g/mol. The topological polar surface area (TPSA) is 111 Å². The predicted molar refractivity (Wildman–Crippen MR) is 80.3 cm³/mol. The highest BCUT2D eigenvalue weighted by Crippen LogP contribution is 2.10. The van der Waals surface area contributed by atoms with Gasteiger partial charge in [-0.25, -0.2) is 13.1 Å². The van der Waals surface area contributed by atoms with Crippen molar-refractivity contribution in [2.75, 3.05) is 6.54 Å². The summed E-state index contributed by atoms with van der Waals surface area (Å²) >= 11 is 4.81. The van der Waals surface area contributed by atoms with Gasteiger partial charge >= 0.3 is 0 Å². The van der Waals surface area contributed by atoms with Crippen LogP contribution >= 0.6 is 12.2 Å². The van der Waals surface area contributed by atoms with Crippen molar-refractivity contribution in [1.82, 2.24) is 14.9 Å². The van der Waals surface area contributed by atoms with Crippen LogP contribution in [0.4, 0.5) is 0 Å². The minimum Gasteiger partial charge on any atom is -0.389 e. The molecule has 0 radical (unpaired) electrons. The van der Waals surface area contributed by atoms with Gasteiger partial charge in [0.1, 0.15) is 4.99 Å². The Morgan fingerprint density at radius 1 is 1.38 bits per heavy atom. The molecule has 2 aromatic rings. The van der Waals surface area contributed by atoms with Crippen LogP contribution < -0.4 is 10.5 Å². The lowest BCUT2D eigenvalue weighted by molar-refractivity contribution is 0.375. The summed E-state index contributed by atoms with van der Waals surface area (Å²) in [4.78, 5) is 4.36. The maximum atomic E-state index is 12.1. The van der Waals surface area contributed by atoms with E-state index in [0.29, 0.717) is 23.7 Å². The Hall–Kier alpha value is -1.84. The van der Waals surface area contributed by atoms with Gasteiger partial charge in [0.2, 0.25) is 15.9 Å². The highest BCUT2D eigenvalue weighted by Gasteiger charge is 2.14. The Bertz CT molecular complexity index is 738. The fourth-order valence-electron chi connectivity index (χ4n) is 1.62. The van der Waals surface area contributed by atoms with E-state index in [0.717, 1.165) is 0 Å². The maximum Gasteiger partial charge on any atom is 0.240 e. The molecule has 2 rings (SSSR count). The number of hydrogen-bond donors (Lipinski definition) is 2. The van der Waals surface area contributed by atoms with Crippen molar-refractivity contribution in [3.8, 4) is 0 Å². The number of aryl methyl sites for hydroxylation is 1. The molecule has 0 atom stereocenters. The van der Waals surface area contributed by atoms with E-state index in [-0.39, 0.29) is 16.4 Å². The fraction of sp³-hybridized carbons (Fsp3) is 0.250. The fourth-order valence-corrected chi connectivity index (χ4v) is 2.78. The first-order valence-corrected chi connectivity index (χ1v) is 7.96. The first-order valence-electron chi connectivity index (χ1n) is 6.07. The molecule has 0 saturated heterocycles. The molecule has 0 unspecified atom stereocenters. The van der Waals surface area contributed by atoms with Gasteiger partial charge < -0.3 is 10.3 Å². The largest absolute Gasteiger partial charge is 0.389 e. The number of rotatable bonds is 6. The molecule has 0 spiro atoms. The summed E-state index contributed by atoms with van der Waals surface area (Å²) in [6.45, 7) is 1.86. The monoisotopic (exact) mass is 326 g/mol. The van der Waals surface area contributed by atoms with Crippen LogP contribution in [0.25, 0.3) is 0 Å². The molecule has 0 saturated carbocycles. The minimum atomic E-state index is -3.59. The summed E-state index contributed by atoms with van der Waals surface area (Å²) in [6.07, 6.45) is 0.324. The maximum absolute atomic E-state index is 12.1. The number of nitrogens with one attached hydrogen (secondary N) is 1. The third kappa shape index (κ3) is 4.06. The molecule has 9 heteroatoms.